The Morgan fingerprint density at radius 2 is 2.00 bits per heavy atom. The van der Waals surface area contributed by atoms with Gasteiger partial charge in [-0.2, -0.15) is 5.10 Å². The summed E-state index contributed by atoms with van der Waals surface area (Å²) < 4.78 is 18.0. The van der Waals surface area contributed by atoms with E-state index in [4.69, 9.17) is 4.52 Å². The second-order valence-electron chi connectivity index (χ2n) is 6.16. The molecule has 140 valence electrons. The van der Waals surface area contributed by atoms with Crippen LogP contribution in [0.4, 0.5) is 10.2 Å². The van der Waals surface area contributed by atoms with Crippen LogP contribution in [0.3, 0.4) is 0 Å². The molecule has 3 aromatic rings. The highest BCUT2D eigenvalue weighted by atomic mass is 19.1. The third-order valence-corrected chi connectivity index (χ3v) is 3.45. The summed E-state index contributed by atoms with van der Waals surface area (Å²) >= 11 is 0. The molecule has 8 nitrogen and oxygen atoms in total. The molecule has 2 aromatic heterocycles. The van der Waals surface area contributed by atoms with Gasteiger partial charge in [0.2, 0.25) is 11.7 Å². The molecule has 3 N–H and O–H groups in total. The first-order valence-corrected chi connectivity index (χ1v) is 8.31. The number of nitrogens with one attached hydrogen (secondary N) is 3. The summed E-state index contributed by atoms with van der Waals surface area (Å²) in [6, 6.07) is 9.22. The molecule has 0 saturated heterocycles. The quantitative estimate of drug-likeness (QED) is 0.483. The fraction of sp³-hybridized carbons (Fsp3) is 0.222. The van der Waals surface area contributed by atoms with E-state index in [0.717, 1.165) is 5.56 Å². The summed E-state index contributed by atoms with van der Waals surface area (Å²) in [7, 11) is 0. The first-order chi connectivity index (χ1) is 12.9. The van der Waals surface area contributed by atoms with Gasteiger partial charge in [0, 0.05) is 18.2 Å². The normalized spacial score (nSPS) is 11.7. The number of nitrogens with zero attached hydrogens (tertiary/aromatic N) is 3. The predicted molar refractivity (Wildman–Crippen MR) is 98.9 cm³/mol. The van der Waals surface area contributed by atoms with E-state index in [1.54, 1.807) is 25.1 Å². The number of halogens is 1. The Hall–Kier alpha value is -3.49. The molecule has 0 aliphatic heterocycles. The highest BCUT2D eigenvalue weighted by Crippen LogP contribution is 2.20. The van der Waals surface area contributed by atoms with Crippen LogP contribution in [0, 0.1) is 12.7 Å². The molecule has 1 aromatic carbocycles. The zero-order valence-electron chi connectivity index (χ0n) is 15.1. The minimum atomic E-state index is -0.475. The lowest BCUT2D eigenvalue weighted by atomic mass is 10.1. The number of aromatic nitrogens is 3. The number of hydrogen-bond donors (Lipinski definition) is 3. The molecule has 0 fully saturated rings. The topological polar surface area (TPSA) is 108 Å². The first kappa shape index (κ1) is 18.3. The Morgan fingerprint density at radius 1 is 1.26 bits per heavy atom. The van der Waals surface area contributed by atoms with Crippen molar-refractivity contribution in [2.45, 2.75) is 26.8 Å². The minimum Gasteiger partial charge on any atom is -0.351 e. The Bertz CT molecular complexity index is 958. The molecule has 0 bridgehead atoms. The maximum Gasteiger partial charge on any atom is 0.296 e. The number of aliphatic imine (C=N–C) groups is 1. The number of hydrogen-bond acceptors (Lipinski definition) is 5. The molecular formula is C18H19FN6O2. The highest BCUT2D eigenvalue weighted by molar-refractivity contribution is 6.08. The van der Waals surface area contributed by atoms with E-state index >= 15 is 0 Å². The number of guanidine groups is 1. The van der Waals surface area contributed by atoms with Gasteiger partial charge in [-0.25, -0.2) is 9.38 Å². The number of carbonyl (C=O) groups excluding carboxylic acids is 1. The van der Waals surface area contributed by atoms with Crippen molar-refractivity contribution in [3.8, 4) is 11.3 Å². The lowest BCUT2D eigenvalue weighted by Gasteiger charge is -2.09. The van der Waals surface area contributed by atoms with Gasteiger partial charge in [-0.1, -0.05) is 5.16 Å². The number of benzene rings is 1. The lowest BCUT2D eigenvalue weighted by molar-refractivity contribution is 0.0940. The van der Waals surface area contributed by atoms with E-state index in [1.807, 2.05) is 13.8 Å². The molecule has 9 heteroatoms. The fourth-order valence-electron chi connectivity index (χ4n) is 2.28. The van der Waals surface area contributed by atoms with Crippen molar-refractivity contribution >= 4 is 17.7 Å². The van der Waals surface area contributed by atoms with Crippen molar-refractivity contribution in [2.24, 2.45) is 4.99 Å². The van der Waals surface area contributed by atoms with E-state index in [9.17, 15) is 9.18 Å². The van der Waals surface area contributed by atoms with Crippen LogP contribution in [0.2, 0.25) is 0 Å². The Labute approximate surface area is 154 Å². The maximum atomic E-state index is 13.1. The monoisotopic (exact) mass is 370 g/mol. The summed E-state index contributed by atoms with van der Waals surface area (Å²) in [5, 5.41) is 16.3. The van der Waals surface area contributed by atoms with Crippen LogP contribution in [-0.4, -0.2) is 33.3 Å². The first-order valence-electron chi connectivity index (χ1n) is 8.31. The molecule has 0 unspecified atom stereocenters. The molecule has 0 aliphatic rings. The third-order valence-electron chi connectivity index (χ3n) is 3.45. The van der Waals surface area contributed by atoms with Crippen molar-refractivity contribution in [3.05, 3.63) is 53.7 Å². The van der Waals surface area contributed by atoms with E-state index in [0.29, 0.717) is 17.2 Å². The second kappa shape index (κ2) is 7.81. The van der Waals surface area contributed by atoms with Crippen LogP contribution in [0.5, 0.6) is 0 Å². The SMILES string of the molecule is Cc1cc(C(=O)NC(=NC(C)C)Nc2cc(-c3ccc(F)cc3)[nH]n2)on1. The Morgan fingerprint density at radius 3 is 2.63 bits per heavy atom. The molecular weight excluding hydrogens is 351 g/mol. The van der Waals surface area contributed by atoms with Crippen molar-refractivity contribution in [1.82, 2.24) is 20.7 Å². The number of amides is 1. The third kappa shape index (κ3) is 4.78. The summed E-state index contributed by atoms with van der Waals surface area (Å²) in [5.41, 5.74) is 2.07. The van der Waals surface area contributed by atoms with Crippen molar-refractivity contribution in [1.29, 1.82) is 0 Å². The number of aryl methyl sites for hydroxylation is 1. The number of anilines is 1. The van der Waals surface area contributed by atoms with Gasteiger partial charge in [-0.3, -0.25) is 15.2 Å². The molecule has 0 atom stereocenters. The van der Waals surface area contributed by atoms with Gasteiger partial charge in [-0.15, -0.1) is 0 Å². The van der Waals surface area contributed by atoms with Crippen molar-refractivity contribution in [3.63, 3.8) is 0 Å². The van der Waals surface area contributed by atoms with Crippen LogP contribution < -0.4 is 10.6 Å². The van der Waals surface area contributed by atoms with Gasteiger partial charge >= 0.3 is 0 Å². The molecule has 0 radical (unpaired) electrons. The summed E-state index contributed by atoms with van der Waals surface area (Å²) in [6.45, 7) is 5.48. The van der Waals surface area contributed by atoms with Crippen molar-refractivity contribution in [2.75, 3.05) is 5.32 Å². The molecule has 3 rings (SSSR count). The molecule has 0 spiro atoms. The van der Waals surface area contributed by atoms with Gasteiger partial charge in [-0.05, 0) is 50.6 Å². The van der Waals surface area contributed by atoms with Gasteiger partial charge in [0.15, 0.2) is 5.82 Å². The van der Waals surface area contributed by atoms with Gasteiger partial charge in [0.05, 0.1) is 11.4 Å². The predicted octanol–water partition coefficient (Wildman–Crippen LogP) is 3.12. The highest BCUT2D eigenvalue weighted by Gasteiger charge is 2.15. The second-order valence-corrected chi connectivity index (χ2v) is 6.16. The summed E-state index contributed by atoms with van der Waals surface area (Å²) in [6.07, 6.45) is 0. The zero-order chi connectivity index (χ0) is 19.4. The van der Waals surface area contributed by atoms with Gasteiger partial charge in [0.25, 0.3) is 5.91 Å². The molecule has 1 amide bonds. The van der Waals surface area contributed by atoms with Gasteiger partial charge in [0.1, 0.15) is 5.82 Å². The molecule has 2 heterocycles. The Kier molecular flexibility index (Phi) is 5.30. The smallest absolute Gasteiger partial charge is 0.296 e. The standard InChI is InChI=1S/C18H19FN6O2/c1-10(2)20-18(22-17(26)15-8-11(3)25-27-15)21-16-9-14(23-24-16)12-4-6-13(19)7-5-12/h4-10H,1-3H3,(H3,20,21,22,23,24,26). The molecule has 0 aliphatic carbocycles. The number of carbonyl (C=O) groups is 1. The van der Waals surface area contributed by atoms with Crippen LogP contribution in [0.15, 0.2) is 45.9 Å². The lowest BCUT2D eigenvalue weighted by Crippen LogP contribution is -2.36. The fourth-order valence-corrected chi connectivity index (χ4v) is 2.28. The Balaban J connectivity index is 1.75. The largest absolute Gasteiger partial charge is 0.351 e. The maximum absolute atomic E-state index is 13.1. The number of rotatable bonds is 4. The van der Waals surface area contributed by atoms with E-state index in [-0.39, 0.29) is 23.6 Å². The number of H-pyrrole nitrogens is 1. The van der Waals surface area contributed by atoms with Crippen LogP contribution in [0.25, 0.3) is 11.3 Å². The molecule has 0 saturated carbocycles. The van der Waals surface area contributed by atoms with Crippen LogP contribution >= 0.6 is 0 Å². The van der Waals surface area contributed by atoms with Crippen LogP contribution in [0.1, 0.15) is 30.1 Å². The number of aromatic amines is 1. The zero-order valence-corrected chi connectivity index (χ0v) is 15.1. The molecule has 27 heavy (non-hydrogen) atoms. The van der Waals surface area contributed by atoms with E-state index in [1.165, 1.54) is 18.2 Å². The average molecular weight is 370 g/mol. The van der Waals surface area contributed by atoms with Gasteiger partial charge < -0.3 is 9.84 Å². The van der Waals surface area contributed by atoms with E-state index < -0.39 is 5.91 Å². The van der Waals surface area contributed by atoms with Crippen LogP contribution in [-0.2, 0) is 0 Å². The van der Waals surface area contributed by atoms with Crippen molar-refractivity contribution < 1.29 is 13.7 Å². The summed E-state index contributed by atoms with van der Waals surface area (Å²) in [5.74, 6) is -0.0334. The minimum absolute atomic E-state index is 0.0697. The summed E-state index contributed by atoms with van der Waals surface area (Å²) in [4.78, 5) is 16.6. The average Bonchev–Trinajstić information content (AvgIpc) is 3.24. The van der Waals surface area contributed by atoms with E-state index in [2.05, 4.69) is 31.0 Å².